The molecule has 1 unspecified atom stereocenters. The highest BCUT2D eigenvalue weighted by Crippen LogP contribution is 2.69. The first-order valence-corrected chi connectivity index (χ1v) is 11.3. The van der Waals surface area contributed by atoms with Gasteiger partial charge in [-0.25, -0.2) is 0 Å². The second kappa shape index (κ2) is 5.72. The summed E-state index contributed by atoms with van der Waals surface area (Å²) in [6.07, 6.45) is 12.3. The molecule has 3 nitrogen and oxygen atoms in total. The molecule has 26 heavy (non-hydrogen) atoms. The van der Waals surface area contributed by atoms with Gasteiger partial charge in [0.15, 0.2) is 0 Å². The summed E-state index contributed by atoms with van der Waals surface area (Å²) in [6, 6.07) is 0. The Morgan fingerprint density at radius 1 is 1.08 bits per heavy atom. The number of carbonyl (C=O) groups is 1. The predicted octanol–water partition coefficient (Wildman–Crippen LogP) is 5.13. The smallest absolute Gasteiger partial charge is 0.306 e. The molecule has 0 aromatic heterocycles. The van der Waals surface area contributed by atoms with E-state index in [0.29, 0.717) is 23.5 Å². The fourth-order valence-corrected chi connectivity index (χ4v) is 8.85. The molecule has 0 aromatic carbocycles. The van der Waals surface area contributed by atoms with Gasteiger partial charge in [0.1, 0.15) is 0 Å². The van der Waals surface area contributed by atoms with Crippen LogP contribution in [0.5, 0.6) is 0 Å². The zero-order chi connectivity index (χ0) is 18.3. The SMILES string of the molecule is CC[C@H](C(=O)O)[C@H]1CC[C@@H]2[C@@H]3CC[C@@H]4C[C@@H]5OC5C[C@]4(C)[C@H]3CC[C@@]21C. The highest BCUT2D eigenvalue weighted by Gasteiger charge is 2.64. The summed E-state index contributed by atoms with van der Waals surface area (Å²) in [7, 11) is 0. The number of hydrogen-bond donors (Lipinski definition) is 1. The van der Waals surface area contributed by atoms with Crippen molar-refractivity contribution in [1.82, 2.24) is 0 Å². The molecule has 5 fully saturated rings. The van der Waals surface area contributed by atoms with Gasteiger partial charge in [-0.2, -0.15) is 0 Å². The second-order valence-electron chi connectivity index (χ2n) is 10.9. The average molecular weight is 361 g/mol. The minimum atomic E-state index is -0.554. The highest BCUT2D eigenvalue weighted by molar-refractivity contribution is 5.70. The summed E-state index contributed by atoms with van der Waals surface area (Å²) >= 11 is 0. The van der Waals surface area contributed by atoms with Gasteiger partial charge in [0.2, 0.25) is 0 Å². The molecule has 0 amide bonds. The lowest BCUT2D eigenvalue weighted by atomic mass is 9.44. The number of fused-ring (bicyclic) bond motifs is 6. The maximum atomic E-state index is 11.9. The molecule has 1 saturated heterocycles. The lowest BCUT2D eigenvalue weighted by Gasteiger charge is -2.60. The van der Waals surface area contributed by atoms with Crippen LogP contribution in [0, 0.1) is 46.3 Å². The van der Waals surface area contributed by atoms with E-state index in [1.807, 2.05) is 0 Å². The monoisotopic (exact) mass is 360 g/mol. The Morgan fingerprint density at radius 2 is 1.85 bits per heavy atom. The Morgan fingerprint density at radius 3 is 2.58 bits per heavy atom. The molecule has 146 valence electrons. The first kappa shape index (κ1) is 17.5. The van der Waals surface area contributed by atoms with E-state index in [-0.39, 0.29) is 11.3 Å². The number of aliphatic carboxylic acids is 1. The van der Waals surface area contributed by atoms with Gasteiger partial charge in [0.25, 0.3) is 0 Å². The molecule has 1 N–H and O–H groups in total. The van der Waals surface area contributed by atoms with E-state index in [2.05, 4.69) is 20.8 Å². The minimum absolute atomic E-state index is 0.135. The van der Waals surface area contributed by atoms with E-state index >= 15 is 0 Å². The molecule has 0 radical (unpaired) electrons. The van der Waals surface area contributed by atoms with Crippen LogP contribution in [0.2, 0.25) is 0 Å². The van der Waals surface area contributed by atoms with Gasteiger partial charge >= 0.3 is 5.97 Å². The van der Waals surface area contributed by atoms with E-state index < -0.39 is 5.97 Å². The Labute approximate surface area is 158 Å². The van der Waals surface area contributed by atoms with Gasteiger partial charge in [-0.3, -0.25) is 4.79 Å². The Hall–Kier alpha value is -0.570. The quantitative estimate of drug-likeness (QED) is 0.710. The molecule has 10 atom stereocenters. The van der Waals surface area contributed by atoms with Crippen molar-refractivity contribution in [3.63, 3.8) is 0 Å². The second-order valence-corrected chi connectivity index (χ2v) is 10.9. The summed E-state index contributed by atoms with van der Waals surface area (Å²) in [4.78, 5) is 11.9. The maximum Gasteiger partial charge on any atom is 0.306 e. The predicted molar refractivity (Wildman–Crippen MR) is 101 cm³/mol. The fraction of sp³-hybridized carbons (Fsp3) is 0.957. The zero-order valence-electron chi connectivity index (χ0n) is 16.7. The lowest BCUT2D eigenvalue weighted by molar-refractivity contribution is -0.149. The summed E-state index contributed by atoms with van der Waals surface area (Å²) in [5, 5.41) is 9.79. The molecule has 4 saturated carbocycles. The van der Waals surface area contributed by atoms with Gasteiger partial charge in [-0.1, -0.05) is 20.8 Å². The van der Waals surface area contributed by atoms with Crippen LogP contribution in [-0.4, -0.2) is 23.3 Å². The van der Waals surface area contributed by atoms with Crippen molar-refractivity contribution in [1.29, 1.82) is 0 Å². The van der Waals surface area contributed by atoms with Crippen molar-refractivity contribution in [2.45, 2.75) is 90.8 Å². The van der Waals surface area contributed by atoms with Crippen molar-refractivity contribution in [2.24, 2.45) is 46.3 Å². The summed E-state index contributed by atoms with van der Waals surface area (Å²) < 4.78 is 5.95. The van der Waals surface area contributed by atoms with Gasteiger partial charge in [0, 0.05) is 0 Å². The molecular formula is C23H36O3. The molecule has 0 spiro atoms. The van der Waals surface area contributed by atoms with Gasteiger partial charge in [0.05, 0.1) is 18.1 Å². The van der Waals surface area contributed by atoms with Crippen LogP contribution in [-0.2, 0) is 9.53 Å². The molecule has 0 aromatic rings. The van der Waals surface area contributed by atoms with Gasteiger partial charge in [-0.05, 0) is 98.2 Å². The van der Waals surface area contributed by atoms with Crippen LogP contribution in [0.15, 0.2) is 0 Å². The van der Waals surface area contributed by atoms with Gasteiger partial charge in [-0.15, -0.1) is 0 Å². The summed E-state index contributed by atoms with van der Waals surface area (Å²) in [5.41, 5.74) is 0.744. The van der Waals surface area contributed by atoms with E-state index in [1.165, 1.54) is 44.9 Å². The average Bonchev–Trinajstić information content (AvgIpc) is 3.24. The van der Waals surface area contributed by atoms with Crippen LogP contribution < -0.4 is 0 Å². The van der Waals surface area contributed by atoms with Crippen LogP contribution in [0.1, 0.15) is 78.6 Å². The molecule has 5 aliphatic rings. The highest BCUT2D eigenvalue weighted by atomic mass is 16.6. The van der Waals surface area contributed by atoms with E-state index in [1.54, 1.807) is 0 Å². The van der Waals surface area contributed by atoms with Crippen LogP contribution >= 0.6 is 0 Å². The van der Waals surface area contributed by atoms with Crippen LogP contribution in [0.3, 0.4) is 0 Å². The van der Waals surface area contributed by atoms with Crippen molar-refractivity contribution in [3.8, 4) is 0 Å². The molecular weight excluding hydrogens is 324 g/mol. The first-order valence-electron chi connectivity index (χ1n) is 11.3. The Balaban J connectivity index is 1.42. The normalized spacial score (nSPS) is 55.9. The Bertz CT molecular complexity index is 602. The third-order valence-corrected chi connectivity index (χ3v) is 10.2. The number of carboxylic acid groups (broad SMARTS) is 1. The fourth-order valence-electron chi connectivity index (χ4n) is 8.85. The number of carboxylic acids is 1. The molecule has 3 heteroatoms. The molecule has 5 rings (SSSR count). The van der Waals surface area contributed by atoms with E-state index in [9.17, 15) is 9.90 Å². The lowest BCUT2D eigenvalue weighted by Crippen LogP contribution is -2.54. The third-order valence-electron chi connectivity index (χ3n) is 10.2. The number of ether oxygens (including phenoxy) is 1. The van der Waals surface area contributed by atoms with Crippen LogP contribution in [0.4, 0.5) is 0 Å². The molecule has 1 heterocycles. The topological polar surface area (TPSA) is 49.8 Å². The number of epoxide rings is 1. The summed E-state index contributed by atoms with van der Waals surface area (Å²) in [5.74, 6) is 3.02. The third kappa shape index (κ3) is 2.25. The number of rotatable bonds is 3. The maximum absolute atomic E-state index is 11.9. The Kier molecular flexibility index (Phi) is 3.85. The van der Waals surface area contributed by atoms with E-state index in [4.69, 9.17) is 4.74 Å². The summed E-state index contributed by atoms with van der Waals surface area (Å²) in [6.45, 7) is 7.13. The minimum Gasteiger partial charge on any atom is -0.481 e. The first-order chi connectivity index (χ1) is 12.4. The molecule has 4 aliphatic carbocycles. The zero-order valence-corrected chi connectivity index (χ0v) is 16.7. The molecule has 0 bridgehead atoms. The number of hydrogen-bond acceptors (Lipinski definition) is 2. The van der Waals surface area contributed by atoms with E-state index in [0.717, 1.165) is 36.5 Å². The largest absolute Gasteiger partial charge is 0.481 e. The van der Waals surface area contributed by atoms with Crippen LogP contribution in [0.25, 0.3) is 0 Å². The standard InChI is InChI=1S/C23H36O3/c1-4-14(21(24)25)16-7-8-17-15-6-5-13-11-19-20(26-19)12-23(13,3)18(15)9-10-22(16,17)2/h13-20H,4-12H2,1-3H3,(H,24,25)/t13-,14+,15+,16-,17-,18+,19+,20?,22-,23+/m1/s1. The van der Waals surface area contributed by atoms with Crippen molar-refractivity contribution in [2.75, 3.05) is 0 Å². The van der Waals surface area contributed by atoms with Gasteiger partial charge < -0.3 is 9.84 Å². The van der Waals surface area contributed by atoms with Crippen molar-refractivity contribution in [3.05, 3.63) is 0 Å². The molecule has 1 aliphatic heterocycles. The van der Waals surface area contributed by atoms with Crippen molar-refractivity contribution < 1.29 is 14.6 Å². The van der Waals surface area contributed by atoms with Crippen molar-refractivity contribution >= 4 is 5.97 Å².